The zero-order valence-corrected chi connectivity index (χ0v) is 14.5. The predicted octanol–water partition coefficient (Wildman–Crippen LogP) is 1.14. The average molecular weight is 355 g/mol. The second-order valence-electron chi connectivity index (χ2n) is 6.67. The number of aromatic amines is 1. The number of nitrogens with one attached hydrogen (secondary N) is 1. The lowest BCUT2D eigenvalue weighted by Crippen LogP contribution is -2.31. The van der Waals surface area contributed by atoms with Crippen molar-refractivity contribution in [2.24, 2.45) is 0 Å². The molecule has 3 aromatic rings. The smallest absolute Gasteiger partial charge is 0.290 e. The Kier molecular flexibility index (Phi) is 4.21. The van der Waals surface area contributed by atoms with Crippen molar-refractivity contribution in [2.75, 3.05) is 13.2 Å². The topological polar surface area (TPSA) is 107 Å². The molecular formula is C18H21N5O3. The molecule has 1 atom stereocenters. The Bertz CT molecular complexity index is 961. The number of amides is 1. The molecule has 0 bridgehead atoms. The van der Waals surface area contributed by atoms with Crippen LogP contribution in [0.5, 0.6) is 0 Å². The first-order valence-corrected chi connectivity index (χ1v) is 8.66. The summed E-state index contributed by atoms with van der Waals surface area (Å²) in [4.78, 5) is 22.2. The fourth-order valence-corrected chi connectivity index (χ4v) is 3.29. The van der Waals surface area contributed by atoms with Gasteiger partial charge < -0.3 is 20.1 Å². The van der Waals surface area contributed by atoms with Gasteiger partial charge in [-0.05, 0) is 37.1 Å². The summed E-state index contributed by atoms with van der Waals surface area (Å²) >= 11 is 0. The highest BCUT2D eigenvalue weighted by Crippen LogP contribution is 2.20. The number of aliphatic hydroxyl groups is 2. The van der Waals surface area contributed by atoms with E-state index in [1.165, 1.54) is 0 Å². The number of carbonyl (C=O) groups is 1. The average Bonchev–Trinajstić information content (AvgIpc) is 3.18. The first-order chi connectivity index (χ1) is 12.5. The van der Waals surface area contributed by atoms with E-state index in [0.29, 0.717) is 31.2 Å². The lowest BCUT2D eigenvalue weighted by atomic mass is 10.2. The maximum Gasteiger partial charge on any atom is 0.290 e. The quantitative estimate of drug-likeness (QED) is 0.653. The Labute approximate surface area is 150 Å². The van der Waals surface area contributed by atoms with E-state index in [4.69, 9.17) is 5.11 Å². The van der Waals surface area contributed by atoms with Gasteiger partial charge in [0.2, 0.25) is 0 Å². The molecule has 0 radical (unpaired) electrons. The number of hydrogen-bond acceptors (Lipinski definition) is 5. The summed E-state index contributed by atoms with van der Waals surface area (Å²) in [5, 5.41) is 23.2. The van der Waals surface area contributed by atoms with Crippen LogP contribution in [-0.4, -0.2) is 53.9 Å². The van der Waals surface area contributed by atoms with Crippen LogP contribution in [0.25, 0.3) is 11.0 Å². The second kappa shape index (κ2) is 6.54. The SMILES string of the molecule is Cc1ccc2nc(C(=O)N3CCCn4nc([C@@H](O)CO)cc4C3)[nH]c2c1. The van der Waals surface area contributed by atoms with Gasteiger partial charge in [0.05, 0.1) is 35.6 Å². The lowest BCUT2D eigenvalue weighted by Gasteiger charge is -2.18. The minimum atomic E-state index is -1.00. The lowest BCUT2D eigenvalue weighted by molar-refractivity contribution is 0.0734. The van der Waals surface area contributed by atoms with Gasteiger partial charge in [0.25, 0.3) is 5.91 Å². The molecule has 1 aliphatic heterocycles. The molecule has 3 N–H and O–H groups in total. The van der Waals surface area contributed by atoms with Crippen LogP contribution in [-0.2, 0) is 13.1 Å². The number of nitrogens with zero attached hydrogens (tertiary/aromatic N) is 4. The van der Waals surface area contributed by atoms with E-state index in [-0.39, 0.29) is 12.5 Å². The summed E-state index contributed by atoms with van der Waals surface area (Å²) in [5.74, 6) is 0.173. The van der Waals surface area contributed by atoms with E-state index < -0.39 is 6.10 Å². The van der Waals surface area contributed by atoms with Crippen molar-refractivity contribution in [2.45, 2.75) is 32.5 Å². The van der Waals surface area contributed by atoms with Crippen LogP contribution in [0.4, 0.5) is 0 Å². The monoisotopic (exact) mass is 355 g/mol. The number of aliphatic hydroxyl groups excluding tert-OH is 2. The Morgan fingerprint density at radius 2 is 2.19 bits per heavy atom. The summed E-state index contributed by atoms with van der Waals surface area (Å²) in [6, 6.07) is 7.58. The Hall–Kier alpha value is -2.71. The van der Waals surface area contributed by atoms with Crippen molar-refractivity contribution in [3.05, 3.63) is 47.0 Å². The largest absolute Gasteiger partial charge is 0.393 e. The molecule has 0 saturated carbocycles. The number of rotatable bonds is 3. The van der Waals surface area contributed by atoms with Crippen LogP contribution in [0.2, 0.25) is 0 Å². The zero-order chi connectivity index (χ0) is 18.3. The standard InChI is InChI=1S/C18H21N5O3/c1-11-3-4-13-14(7-11)20-17(19-13)18(26)22-5-2-6-23-12(9-22)8-15(21-23)16(25)10-24/h3-4,7-8,16,24-25H,2,5-6,9-10H2,1H3,(H,19,20)/t16-/m0/s1. The van der Waals surface area contributed by atoms with Crippen molar-refractivity contribution in [3.63, 3.8) is 0 Å². The third kappa shape index (κ3) is 2.97. The highest BCUT2D eigenvalue weighted by Gasteiger charge is 2.25. The van der Waals surface area contributed by atoms with Gasteiger partial charge in [0, 0.05) is 13.1 Å². The summed E-state index contributed by atoms with van der Waals surface area (Å²) in [6.45, 7) is 3.28. The van der Waals surface area contributed by atoms with Gasteiger partial charge in [0.1, 0.15) is 6.10 Å². The molecule has 4 rings (SSSR count). The summed E-state index contributed by atoms with van der Waals surface area (Å²) in [5.41, 5.74) is 3.99. The van der Waals surface area contributed by atoms with E-state index in [1.54, 1.807) is 15.6 Å². The highest BCUT2D eigenvalue weighted by molar-refractivity contribution is 5.94. The van der Waals surface area contributed by atoms with Crippen LogP contribution in [0.1, 0.15) is 40.1 Å². The normalized spacial score (nSPS) is 15.7. The number of H-pyrrole nitrogens is 1. The van der Waals surface area contributed by atoms with Crippen LogP contribution in [0.15, 0.2) is 24.3 Å². The van der Waals surface area contributed by atoms with Gasteiger partial charge in [0.15, 0.2) is 5.82 Å². The van der Waals surface area contributed by atoms with Crippen LogP contribution in [0.3, 0.4) is 0 Å². The van der Waals surface area contributed by atoms with Crippen molar-refractivity contribution in [1.29, 1.82) is 0 Å². The number of aryl methyl sites for hydroxylation is 2. The van der Waals surface area contributed by atoms with E-state index in [1.807, 2.05) is 25.1 Å². The first kappa shape index (κ1) is 16.7. The van der Waals surface area contributed by atoms with Gasteiger partial charge in [-0.3, -0.25) is 9.48 Å². The van der Waals surface area contributed by atoms with Crippen molar-refractivity contribution >= 4 is 16.9 Å². The van der Waals surface area contributed by atoms with Crippen LogP contribution < -0.4 is 0 Å². The first-order valence-electron chi connectivity index (χ1n) is 8.66. The minimum Gasteiger partial charge on any atom is -0.393 e. The molecule has 8 heteroatoms. The fraction of sp³-hybridized carbons (Fsp3) is 0.389. The molecule has 26 heavy (non-hydrogen) atoms. The van der Waals surface area contributed by atoms with Crippen molar-refractivity contribution in [3.8, 4) is 0 Å². The maximum absolute atomic E-state index is 12.9. The molecule has 8 nitrogen and oxygen atoms in total. The molecule has 3 heterocycles. The maximum atomic E-state index is 12.9. The molecule has 136 valence electrons. The van der Waals surface area contributed by atoms with Crippen molar-refractivity contribution in [1.82, 2.24) is 24.6 Å². The molecule has 1 aromatic carbocycles. The van der Waals surface area contributed by atoms with E-state index in [9.17, 15) is 9.90 Å². The molecular weight excluding hydrogens is 334 g/mol. The highest BCUT2D eigenvalue weighted by atomic mass is 16.3. The summed E-state index contributed by atoms with van der Waals surface area (Å²) in [6.07, 6.45) is -0.244. The van der Waals surface area contributed by atoms with Gasteiger partial charge >= 0.3 is 0 Å². The van der Waals surface area contributed by atoms with Crippen molar-refractivity contribution < 1.29 is 15.0 Å². The van der Waals surface area contributed by atoms with E-state index >= 15 is 0 Å². The molecule has 0 spiro atoms. The molecule has 1 aliphatic rings. The Morgan fingerprint density at radius 1 is 1.35 bits per heavy atom. The molecule has 2 aromatic heterocycles. The fourth-order valence-electron chi connectivity index (χ4n) is 3.29. The molecule has 0 unspecified atom stereocenters. The third-order valence-electron chi connectivity index (χ3n) is 4.67. The Balaban J connectivity index is 1.60. The summed E-state index contributed by atoms with van der Waals surface area (Å²) < 4.78 is 1.80. The predicted molar refractivity (Wildman–Crippen MR) is 94.5 cm³/mol. The number of hydrogen-bond donors (Lipinski definition) is 3. The molecule has 0 fully saturated rings. The van der Waals surface area contributed by atoms with E-state index in [0.717, 1.165) is 28.7 Å². The zero-order valence-electron chi connectivity index (χ0n) is 14.5. The third-order valence-corrected chi connectivity index (χ3v) is 4.67. The van der Waals surface area contributed by atoms with E-state index in [2.05, 4.69) is 15.1 Å². The molecule has 1 amide bonds. The van der Waals surface area contributed by atoms with Gasteiger partial charge in [-0.15, -0.1) is 0 Å². The number of fused-ring (bicyclic) bond motifs is 2. The summed E-state index contributed by atoms with van der Waals surface area (Å²) in [7, 11) is 0. The van der Waals surface area contributed by atoms with Gasteiger partial charge in [-0.25, -0.2) is 4.98 Å². The number of benzene rings is 1. The number of carbonyl (C=O) groups excluding carboxylic acids is 1. The van der Waals surface area contributed by atoms with Gasteiger partial charge in [-0.1, -0.05) is 6.07 Å². The van der Waals surface area contributed by atoms with Crippen LogP contribution in [0, 0.1) is 6.92 Å². The molecule has 0 aliphatic carbocycles. The van der Waals surface area contributed by atoms with Gasteiger partial charge in [-0.2, -0.15) is 5.10 Å². The second-order valence-corrected chi connectivity index (χ2v) is 6.67. The number of aromatic nitrogens is 4. The molecule has 0 saturated heterocycles. The number of imidazole rings is 1. The van der Waals surface area contributed by atoms with Crippen LogP contribution >= 0.6 is 0 Å². The Morgan fingerprint density at radius 3 is 3.00 bits per heavy atom. The minimum absolute atomic E-state index is 0.155.